The van der Waals surface area contributed by atoms with E-state index in [0.29, 0.717) is 0 Å². The van der Waals surface area contributed by atoms with E-state index in [1.54, 1.807) is 31.4 Å². The molecule has 2 nitrogen and oxygen atoms in total. The summed E-state index contributed by atoms with van der Waals surface area (Å²) in [4.78, 5) is 11.9. The second-order valence-electron chi connectivity index (χ2n) is 2.85. The van der Waals surface area contributed by atoms with Gasteiger partial charge in [-0.3, -0.25) is 4.79 Å². The molecule has 0 bridgehead atoms. The molecule has 15 heavy (non-hydrogen) atoms. The zero-order chi connectivity index (χ0) is 11.5. The summed E-state index contributed by atoms with van der Waals surface area (Å²) in [7, 11) is 1.59. The molecule has 0 saturated heterocycles. The Morgan fingerprint density at radius 1 is 1.33 bits per heavy atom. The lowest BCUT2D eigenvalue weighted by Gasteiger charge is -2.15. The number of alkyl halides is 2. The standard InChI is InChI=1S/C10H10Cl2O2S/c1-7(13)10(11,12)15-9-5-3-8(14-2)4-6-9/h3-6H,1-2H3/i7+1. The Balaban J connectivity index is 2.77. The van der Waals surface area contributed by atoms with Crippen LogP contribution in [0.15, 0.2) is 29.2 Å². The fourth-order valence-corrected chi connectivity index (χ4v) is 2.11. The van der Waals surface area contributed by atoms with Gasteiger partial charge in [0.25, 0.3) is 0 Å². The number of rotatable bonds is 4. The molecule has 0 fully saturated rings. The van der Waals surface area contributed by atoms with Gasteiger partial charge in [0.15, 0.2) is 5.78 Å². The van der Waals surface area contributed by atoms with E-state index in [0.717, 1.165) is 22.4 Å². The minimum atomic E-state index is -1.42. The number of hydrogen-bond donors (Lipinski definition) is 0. The quantitative estimate of drug-likeness (QED) is 0.474. The van der Waals surface area contributed by atoms with Crippen molar-refractivity contribution in [3.05, 3.63) is 24.3 Å². The Kier molecular flexibility index (Phi) is 4.32. The van der Waals surface area contributed by atoms with Gasteiger partial charge in [0.2, 0.25) is 3.67 Å². The molecule has 0 amide bonds. The first-order valence-electron chi connectivity index (χ1n) is 4.17. The van der Waals surface area contributed by atoms with Crippen LogP contribution in [-0.4, -0.2) is 16.6 Å². The van der Waals surface area contributed by atoms with Gasteiger partial charge in [-0.2, -0.15) is 0 Å². The van der Waals surface area contributed by atoms with Crippen molar-refractivity contribution in [1.29, 1.82) is 0 Å². The summed E-state index contributed by atoms with van der Waals surface area (Å²) in [5.74, 6) is 0.462. The average Bonchev–Trinajstić information content (AvgIpc) is 2.18. The molecule has 0 N–H and O–H groups in total. The Labute approximate surface area is 103 Å². The minimum absolute atomic E-state index is 0.286. The number of methoxy groups -OCH3 is 1. The van der Waals surface area contributed by atoms with E-state index in [9.17, 15) is 4.79 Å². The van der Waals surface area contributed by atoms with Crippen LogP contribution in [0.5, 0.6) is 5.75 Å². The van der Waals surface area contributed by atoms with E-state index in [1.807, 2.05) is 0 Å². The Bertz CT molecular complexity index is 349. The molecule has 0 unspecified atom stereocenters. The summed E-state index contributed by atoms with van der Waals surface area (Å²) in [6.45, 7) is 1.36. The van der Waals surface area contributed by atoms with Crippen LogP contribution >= 0.6 is 35.0 Å². The van der Waals surface area contributed by atoms with Gasteiger partial charge in [0.05, 0.1) is 7.11 Å². The van der Waals surface area contributed by atoms with Crippen LogP contribution in [0.3, 0.4) is 0 Å². The summed E-state index contributed by atoms with van der Waals surface area (Å²) < 4.78 is 3.58. The van der Waals surface area contributed by atoms with Gasteiger partial charge >= 0.3 is 0 Å². The van der Waals surface area contributed by atoms with Crippen molar-refractivity contribution in [2.45, 2.75) is 15.5 Å². The molecule has 5 heteroatoms. The van der Waals surface area contributed by atoms with Crippen LogP contribution in [0.1, 0.15) is 6.92 Å². The number of hydrogen-bond acceptors (Lipinski definition) is 3. The predicted molar refractivity (Wildman–Crippen MR) is 64.0 cm³/mol. The van der Waals surface area contributed by atoms with Crippen LogP contribution in [0.4, 0.5) is 0 Å². The molecular weight excluding hydrogens is 256 g/mol. The van der Waals surface area contributed by atoms with Crippen LogP contribution in [-0.2, 0) is 4.79 Å². The highest BCUT2D eigenvalue weighted by atomic mass is 35.5. The number of carbonyl (C=O) groups excluding carboxylic acids is 1. The number of carbonyl (C=O) groups is 1. The number of Topliss-reactive ketones (excluding diaryl/α,β-unsaturated/α-hetero) is 1. The largest absolute Gasteiger partial charge is 0.497 e. The van der Waals surface area contributed by atoms with Crippen molar-refractivity contribution in [2.75, 3.05) is 7.11 Å². The maximum Gasteiger partial charge on any atom is 0.225 e. The van der Waals surface area contributed by atoms with Gasteiger partial charge in [0.1, 0.15) is 5.75 Å². The monoisotopic (exact) mass is 265 g/mol. The van der Waals surface area contributed by atoms with Crippen molar-refractivity contribution in [3.63, 3.8) is 0 Å². The third-order valence-corrected chi connectivity index (χ3v) is 3.76. The topological polar surface area (TPSA) is 26.3 Å². The molecule has 0 heterocycles. The number of ketones is 1. The Morgan fingerprint density at radius 3 is 2.27 bits per heavy atom. The lowest BCUT2D eigenvalue weighted by atomic mass is 10.3. The van der Waals surface area contributed by atoms with Gasteiger partial charge in [-0.25, -0.2) is 0 Å². The Morgan fingerprint density at radius 2 is 1.87 bits per heavy atom. The molecule has 0 aromatic heterocycles. The molecule has 0 spiro atoms. The molecule has 0 atom stereocenters. The van der Waals surface area contributed by atoms with E-state index in [-0.39, 0.29) is 5.78 Å². The fraction of sp³-hybridized carbons (Fsp3) is 0.300. The van der Waals surface area contributed by atoms with Gasteiger partial charge in [0, 0.05) is 4.90 Å². The van der Waals surface area contributed by atoms with Crippen molar-refractivity contribution in [2.24, 2.45) is 0 Å². The zero-order valence-electron chi connectivity index (χ0n) is 8.29. The lowest BCUT2D eigenvalue weighted by Crippen LogP contribution is -2.17. The van der Waals surface area contributed by atoms with E-state index in [4.69, 9.17) is 27.9 Å². The molecule has 82 valence electrons. The second-order valence-corrected chi connectivity index (χ2v) is 5.91. The summed E-state index contributed by atoms with van der Waals surface area (Å²) in [5.41, 5.74) is 0. The first kappa shape index (κ1) is 12.7. The molecule has 0 aliphatic carbocycles. The molecule has 0 aliphatic heterocycles. The molecule has 0 saturated carbocycles. The van der Waals surface area contributed by atoms with Gasteiger partial charge < -0.3 is 4.74 Å². The van der Waals surface area contributed by atoms with Gasteiger partial charge in [-0.1, -0.05) is 35.0 Å². The summed E-state index contributed by atoms with van der Waals surface area (Å²) >= 11 is 12.8. The van der Waals surface area contributed by atoms with Crippen LogP contribution < -0.4 is 4.74 Å². The van der Waals surface area contributed by atoms with Crippen molar-refractivity contribution in [3.8, 4) is 5.75 Å². The second kappa shape index (κ2) is 5.10. The first-order valence-corrected chi connectivity index (χ1v) is 5.75. The smallest absolute Gasteiger partial charge is 0.225 e. The van der Waals surface area contributed by atoms with Crippen molar-refractivity contribution < 1.29 is 9.53 Å². The summed E-state index contributed by atoms with van der Waals surface area (Å²) in [6.07, 6.45) is 0. The predicted octanol–water partition coefficient (Wildman–Crippen LogP) is 3.51. The highest BCUT2D eigenvalue weighted by Gasteiger charge is 2.31. The van der Waals surface area contributed by atoms with E-state index in [1.165, 1.54) is 6.92 Å². The SMILES string of the molecule is COc1ccc(SC(Cl)(Cl)[13C](C)=O)cc1. The first-order chi connectivity index (χ1) is 6.95. The number of ether oxygens (including phenoxy) is 1. The van der Waals surface area contributed by atoms with Gasteiger partial charge in [-0.05, 0) is 31.2 Å². The number of halogens is 2. The third kappa shape index (κ3) is 3.59. The number of benzene rings is 1. The van der Waals surface area contributed by atoms with Crippen LogP contribution in [0.25, 0.3) is 0 Å². The average molecular weight is 266 g/mol. The highest BCUT2D eigenvalue weighted by Crippen LogP contribution is 2.41. The minimum Gasteiger partial charge on any atom is -0.497 e. The van der Waals surface area contributed by atoms with E-state index in [2.05, 4.69) is 0 Å². The maximum atomic E-state index is 11.1. The van der Waals surface area contributed by atoms with Crippen LogP contribution in [0.2, 0.25) is 0 Å². The van der Waals surface area contributed by atoms with Crippen molar-refractivity contribution in [1.82, 2.24) is 0 Å². The zero-order valence-corrected chi connectivity index (χ0v) is 10.6. The Hall–Kier alpha value is -0.380. The normalized spacial score (nSPS) is 11.2. The lowest BCUT2D eigenvalue weighted by molar-refractivity contribution is -0.116. The fourth-order valence-electron chi connectivity index (χ4n) is 0.864. The summed E-state index contributed by atoms with van der Waals surface area (Å²) in [6, 6.07) is 7.16. The highest BCUT2D eigenvalue weighted by molar-refractivity contribution is 8.04. The molecule has 1 rings (SSSR count). The van der Waals surface area contributed by atoms with E-state index < -0.39 is 3.67 Å². The molecule has 1 aromatic rings. The molecule has 1 aromatic carbocycles. The van der Waals surface area contributed by atoms with Crippen molar-refractivity contribution >= 4 is 40.7 Å². The summed E-state index contributed by atoms with van der Waals surface area (Å²) in [5, 5.41) is 0. The van der Waals surface area contributed by atoms with Crippen LogP contribution in [0, 0.1) is 0 Å². The molecular formula is C10H10Cl2O2S. The maximum absolute atomic E-state index is 11.1. The number of thioether (sulfide) groups is 1. The third-order valence-electron chi connectivity index (χ3n) is 1.72. The van der Waals surface area contributed by atoms with Gasteiger partial charge in [-0.15, -0.1) is 0 Å². The molecule has 0 aliphatic rings. The van der Waals surface area contributed by atoms with E-state index >= 15 is 0 Å². The molecule has 0 radical (unpaired) electrons.